The maximum Gasteiger partial charge on any atom is 0.137 e. The van der Waals surface area contributed by atoms with Crippen molar-refractivity contribution in [1.82, 2.24) is 14.9 Å². The summed E-state index contributed by atoms with van der Waals surface area (Å²) in [5.41, 5.74) is 8.33. The van der Waals surface area contributed by atoms with Crippen LogP contribution >= 0.6 is 0 Å². The molecular formula is C15H22N4. The van der Waals surface area contributed by atoms with Gasteiger partial charge in [-0.25, -0.2) is 4.98 Å². The average molecular weight is 258 g/mol. The number of H-pyrrole nitrogens is 1. The SMILES string of the molecule is CC(N)C1CCN(Cc2c[nH]c3ncccc23)CC1. The Hall–Kier alpha value is -1.39. The molecule has 1 aliphatic heterocycles. The number of hydrogen-bond acceptors (Lipinski definition) is 3. The van der Waals surface area contributed by atoms with Crippen LogP contribution in [0.25, 0.3) is 11.0 Å². The number of nitrogens with zero attached hydrogens (tertiary/aromatic N) is 2. The third-order valence-corrected chi connectivity index (χ3v) is 4.31. The molecule has 3 rings (SSSR count). The Balaban J connectivity index is 1.66. The summed E-state index contributed by atoms with van der Waals surface area (Å²) < 4.78 is 0. The summed E-state index contributed by atoms with van der Waals surface area (Å²) in [5, 5.41) is 1.25. The highest BCUT2D eigenvalue weighted by Gasteiger charge is 2.22. The van der Waals surface area contributed by atoms with Crippen molar-refractivity contribution in [3.05, 3.63) is 30.1 Å². The lowest BCUT2D eigenvalue weighted by Crippen LogP contribution is -2.39. The van der Waals surface area contributed by atoms with E-state index in [-0.39, 0.29) is 0 Å². The van der Waals surface area contributed by atoms with Gasteiger partial charge in [0.25, 0.3) is 0 Å². The number of fused-ring (bicyclic) bond motifs is 1. The minimum atomic E-state index is 0.333. The molecule has 0 amide bonds. The second-order valence-electron chi connectivity index (χ2n) is 5.69. The number of hydrogen-bond donors (Lipinski definition) is 2. The first kappa shape index (κ1) is 12.6. The Labute approximate surface area is 114 Å². The molecule has 0 spiro atoms. The topological polar surface area (TPSA) is 57.9 Å². The van der Waals surface area contributed by atoms with Crippen LogP contribution in [0.1, 0.15) is 25.3 Å². The molecule has 0 saturated carbocycles. The Morgan fingerprint density at radius 1 is 1.47 bits per heavy atom. The van der Waals surface area contributed by atoms with Crippen molar-refractivity contribution >= 4 is 11.0 Å². The molecule has 4 heteroatoms. The second kappa shape index (κ2) is 5.31. The molecule has 3 N–H and O–H groups in total. The maximum atomic E-state index is 5.99. The number of likely N-dealkylation sites (tertiary alicyclic amines) is 1. The van der Waals surface area contributed by atoms with Crippen LogP contribution in [0.4, 0.5) is 0 Å². The third kappa shape index (κ3) is 2.65. The summed E-state index contributed by atoms with van der Waals surface area (Å²) in [4.78, 5) is 10.1. The van der Waals surface area contributed by atoms with E-state index in [9.17, 15) is 0 Å². The van der Waals surface area contributed by atoms with E-state index in [2.05, 4.69) is 34.1 Å². The van der Waals surface area contributed by atoms with Gasteiger partial charge in [-0.2, -0.15) is 0 Å². The van der Waals surface area contributed by atoms with Crippen LogP contribution in [0.5, 0.6) is 0 Å². The molecule has 1 atom stereocenters. The van der Waals surface area contributed by atoms with Crippen molar-refractivity contribution in [2.45, 2.75) is 32.4 Å². The van der Waals surface area contributed by atoms with Crippen molar-refractivity contribution in [2.75, 3.05) is 13.1 Å². The molecular weight excluding hydrogens is 236 g/mol. The predicted molar refractivity (Wildman–Crippen MR) is 77.7 cm³/mol. The normalized spacial score (nSPS) is 19.9. The van der Waals surface area contributed by atoms with Crippen molar-refractivity contribution in [2.24, 2.45) is 11.7 Å². The second-order valence-corrected chi connectivity index (χ2v) is 5.69. The zero-order valence-corrected chi connectivity index (χ0v) is 11.5. The van der Waals surface area contributed by atoms with E-state index in [0.29, 0.717) is 12.0 Å². The molecule has 2 aromatic rings. The zero-order chi connectivity index (χ0) is 13.2. The fraction of sp³-hybridized carbons (Fsp3) is 0.533. The largest absolute Gasteiger partial charge is 0.346 e. The summed E-state index contributed by atoms with van der Waals surface area (Å²) in [5.74, 6) is 0.695. The van der Waals surface area contributed by atoms with Gasteiger partial charge in [-0.15, -0.1) is 0 Å². The monoisotopic (exact) mass is 258 g/mol. The van der Waals surface area contributed by atoms with Crippen LogP contribution in [-0.4, -0.2) is 34.0 Å². The lowest BCUT2D eigenvalue weighted by atomic mass is 9.91. The number of aromatic nitrogens is 2. The van der Waals surface area contributed by atoms with Crippen LogP contribution in [0.15, 0.2) is 24.5 Å². The summed E-state index contributed by atoms with van der Waals surface area (Å²) in [6.07, 6.45) is 6.36. The lowest BCUT2D eigenvalue weighted by Gasteiger charge is -2.33. The molecule has 1 fully saturated rings. The van der Waals surface area contributed by atoms with Gasteiger partial charge in [0, 0.05) is 30.4 Å². The molecule has 3 heterocycles. The van der Waals surface area contributed by atoms with Crippen molar-refractivity contribution < 1.29 is 0 Å². The number of piperidine rings is 1. The van der Waals surface area contributed by atoms with Crippen LogP contribution < -0.4 is 5.73 Å². The lowest BCUT2D eigenvalue weighted by molar-refractivity contribution is 0.166. The fourth-order valence-electron chi connectivity index (χ4n) is 3.02. The minimum absolute atomic E-state index is 0.333. The third-order valence-electron chi connectivity index (χ3n) is 4.31. The van der Waals surface area contributed by atoms with Crippen LogP contribution in [0.2, 0.25) is 0 Å². The number of aromatic amines is 1. The molecule has 19 heavy (non-hydrogen) atoms. The summed E-state index contributed by atoms with van der Waals surface area (Å²) in [7, 11) is 0. The fourth-order valence-corrected chi connectivity index (χ4v) is 3.02. The van der Waals surface area contributed by atoms with E-state index < -0.39 is 0 Å². The van der Waals surface area contributed by atoms with Gasteiger partial charge in [-0.3, -0.25) is 4.90 Å². The molecule has 1 unspecified atom stereocenters. The highest BCUT2D eigenvalue weighted by atomic mass is 15.1. The summed E-state index contributed by atoms with van der Waals surface area (Å²) in [6.45, 7) is 5.45. The minimum Gasteiger partial charge on any atom is -0.346 e. The first-order chi connectivity index (χ1) is 9.24. The standard InChI is InChI=1S/C15H22N4/c1-11(16)12-4-7-19(8-5-12)10-13-9-18-15-14(13)3-2-6-17-15/h2-3,6,9,11-12H,4-5,7-8,10,16H2,1H3,(H,17,18). The summed E-state index contributed by atoms with van der Waals surface area (Å²) >= 11 is 0. The van der Waals surface area contributed by atoms with E-state index >= 15 is 0 Å². The van der Waals surface area contributed by atoms with Gasteiger partial charge in [0.15, 0.2) is 0 Å². The van der Waals surface area contributed by atoms with E-state index in [1.54, 1.807) is 0 Å². The van der Waals surface area contributed by atoms with Crippen LogP contribution in [-0.2, 0) is 6.54 Å². The van der Waals surface area contributed by atoms with Gasteiger partial charge in [-0.05, 0) is 56.5 Å². The predicted octanol–water partition coefficient (Wildman–Crippen LogP) is 2.12. The van der Waals surface area contributed by atoms with Crippen molar-refractivity contribution in [3.63, 3.8) is 0 Å². The first-order valence-electron chi connectivity index (χ1n) is 7.13. The molecule has 1 saturated heterocycles. The van der Waals surface area contributed by atoms with E-state index in [1.165, 1.54) is 23.8 Å². The molecule has 0 radical (unpaired) electrons. The average Bonchev–Trinajstić information content (AvgIpc) is 2.83. The summed E-state index contributed by atoms with van der Waals surface area (Å²) in [6, 6.07) is 4.48. The smallest absolute Gasteiger partial charge is 0.137 e. The van der Waals surface area contributed by atoms with Crippen LogP contribution in [0, 0.1) is 5.92 Å². The first-order valence-corrected chi connectivity index (χ1v) is 7.13. The van der Waals surface area contributed by atoms with Gasteiger partial charge in [0.05, 0.1) is 0 Å². The number of nitrogens with one attached hydrogen (secondary N) is 1. The number of pyridine rings is 1. The van der Waals surface area contributed by atoms with Gasteiger partial charge < -0.3 is 10.7 Å². The Kier molecular flexibility index (Phi) is 3.53. The zero-order valence-electron chi connectivity index (χ0n) is 11.5. The van der Waals surface area contributed by atoms with Crippen molar-refractivity contribution in [3.8, 4) is 0 Å². The maximum absolute atomic E-state index is 5.99. The molecule has 2 aromatic heterocycles. The number of rotatable bonds is 3. The van der Waals surface area contributed by atoms with E-state index in [1.807, 2.05) is 12.3 Å². The quantitative estimate of drug-likeness (QED) is 0.886. The molecule has 4 nitrogen and oxygen atoms in total. The molecule has 0 bridgehead atoms. The van der Waals surface area contributed by atoms with Gasteiger partial charge in [-0.1, -0.05) is 0 Å². The van der Waals surface area contributed by atoms with E-state index in [4.69, 9.17) is 5.73 Å². The highest BCUT2D eigenvalue weighted by molar-refractivity contribution is 5.79. The molecule has 0 aromatic carbocycles. The Morgan fingerprint density at radius 3 is 3.00 bits per heavy atom. The van der Waals surface area contributed by atoms with E-state index in [0.717, 1.165) is 25.3 Å². The molecule has 102 valence electrons. The van der Waals surface area contributed by atoms with Gasteiger partial charge in [0.1, 0.15) is 5.65 Å². The number of nitrogens with two attached hydrogens (primary N) is 1. The molecule has 0 aliphatic carbocycles. The van der Waals surface area contributed by atoms with Gasteiger partial charge >= 0.3 is 0 Å². The Bertz CT molecular complexity index is 538. The Morgan fingerprint density at radius 2 is 2.26 bits per heavy atom. The van der Waals surface area contributed by atoms with Crippen molar-refractivity contribution in [1.29, 1.82) is 0 Å². The molecule has 1 aliphatic rings. The van der Waals surface area contributed by atoms with Crippen LogP contribution in [0.3, 0.4) is 0 Å². The highest BCUT2D eigenvalue weighted by Crippen LogP contribution is 2.23. The van der Waals surface area contributed by atoms with Gasteiger partial charge in [0.2, 0.25) is 0 Å².